The van der Waals surface area contributed by atoms with E-state index in [1.807, 2.05) is 0 Å². The smallest absolute Gasteiger partial charge is 0.422 e. The average Bonchev–Trinajstić information content (AvgIpc) is 2.53. The Morgan fingerprint density at radius 3 is 2.67 bits per heavy atom. The molecule has 128 valence electrons. The van der Waals surface area contributed by atoms with Crippen molar-refractivity contribution in [3.8, 4) is 5.88 Å². The Bertz CT molecular complexity index is 739. The fourth-order valence-corrected chi connectivity index (χ4v) is 2.18. The van der Waals surface area contributed by atoms with Gasteiger partial charge in [0.15, 0.2) is 6.61 Å². The van der Waals surface area contributed by atoms with Crippen LogP contribution in [0.3, 0.4) is 0 Å². The third-order valence-corrected chi connectivity index (χ3v) is 3.68. The summed E-state index contributed by atoms with van der Waals surface area (Å²) >= 11 is 11.8. The zero-order chi connectivity index (χ0) is 17.7. The molecule has 0 atom stereocenters. The van der Waals surface area contributed by atoms with Crippen LogP contribution in [-0.2, 0) is 6.54 Å². The van der Waals surface area contributed by atoms with Crippen LogP contribution in [0.25, 0.3) is 0 Å². The number of hydrogen-bond donors (Lipinski definition) is 1. The van der Waals surface area contributed by atoms with Crippen LogP contribution in [0.5, 0.6) is 5.88 Å². The lowest BCUT2D eigenvalue weighted by Gasteiger charge is -2.13. The maximum atomic E-state index is 12.2. The minimum atomic E-state index is -4.48. The summed E-state index contributed by atoms with van der Waals surface area (Å²) in [6, 6.07) is 7.59. The van der Waals surface area contributed by atoms with Crippen LogP contribution in [-0.4, -0.2) is 23.7 Å². The summed E-state index contributed by atoms with van der Waals surface area (Å²) in [5, 5.41) is 2.85. The van der Waals surface area contributed by atoms with E-state index < -0.39 is 18.7 Å². The number of nitrogens with one attached hydrogen (secondary N) is 1. The Hall–Kier alpha value is -1.99. The van der Waals surface area contributed by atoms with Gasteiger partial charge in [0.25, 0.3) is 5.91 Å². The molecular formula is C15H11Cl2F3N2O2. The van der Waals surface area contributed by atoms with Gasteiger partial charge in [-0.15, -0.1) is 0 Å². The lowest BCUT2D eigenvalue weighted by molar-refractivity contribution is -0.154. The van der Waals surface area contributed by atoms with Gasteiger partial charge in [-0.3, -0.25) is 4.79 Å². The van der Waals surface area contributed by atoms with E-state index in [2.05, 4.69) is 15.0 Å². The van der Waals surface area contributed by atoms with E-state index >= 15 is 0 Å². The highest BCUT2D eigenvalue weighted by molar-refractivity contribution is 6.43. The fraction of sp³-hybridized carbons (Fsp3) is 0.200. The quantitative estimate of drug-likeness (QED) is 0.845. The molecule has 0 spiro atoms. The molecule has 0 fully saturated rings. The monoisotopic (exact) mass is 378 g/mol. The highest BCUT2D eigenvalue weighted by atomic mass is 35.5. The molecule has 1 N–H and O–H groups in total. The Kier molecular flexibility index (Phi) is 5.90. The number of ether oxygens (including phenoxy) is 1. The molecule has 2 rings (SSSR count). The van der Waals surface area contributed by atoms with Gasteiger partial charge >= 0.3 is 6.18 Å². The van der Waals surface area contributed by atoms with Gasteiger partial charge in [0, 0.05) is 18.3 Å². The molecule has 0 saturated carbocycles. The summed E-state index contributed by atoms with van der Waals surface area (Å²) in [4.78, 5) is 15.9. The van der Waals surface area contributed by atoms with Gasteiger partial charge in [0.1, 0.15) is 0 Å². The molecule has 1 amide bonds. The molecule has 9 heteroatoms. The molecule has 0 unspecified atom stereocenters. The number of halogens is 5. The van der Waals surface area contributed by atoms with Crippen molar-refractivity contribution in [2.24, 2.45) is 0 Å². The standard InChI is InChI=1S/C15H11Cl2F3N2O2/c16-11-5-1-4-10(12(11)17)13(23)22-7-9-3-2-6-21-14(9)24-8-15(18,19)20/h1-6H,7-8H2,(H,22,23). The van der Waals surface area contributed by atoms with Gasteiger partial charge in [-0.05, 0) is 18.2 Å². The molecule has 1 aromatic carbocycles. The molecule has 24 heavy (non-hydrogen) atoms. The lowest BCUT2D eigenvalue weighted by Crippen LogP contribution is -2.24. The van der Waals surface area contributed by atoms with E-state index in [-0.39, 0.29) is 28.0 Å². The Morgan fingerprint density at radius 2 is 1.96 bits per heavy atom. The number of aromatic nitrogens is 1. The van der Waals surface area contributed by atoms with Crippen molar-refractivity contribution >= 4 is 29.1 Å². The number of nitrogens with zero attached hydrogens (tertiary/aromatic N) is 1. The van der Waals surface area contributed by atoms with E-state index in [0.29, 0.717) is 5.56 Å². The van der Waals surface area contributed by atoms with Crippen molar-refractivity contribution < 1.29 is 22.7 Å². The largest absolute Gasteiger partial charge is 0.468 e. The van der Waals surface area contributed by atoms with Crippen molar-refractivity contribution in [2.75, 3.05) is 6.61 Å². The van der Waals surface area contributed by atoms with Crippen molar-refractivity contribution in [2.45, 2.75) is 12.7 Å². The van der Waals surface area contributed by atoms with Gasteiger partial charge in [-0.25, -0.2) is 4.98 Å². The first-order valence-electron chi connectivity index (χ1n) is 6.63. The van der Waals surface area contributed by atoms with Crippen LogP contribution in [0.15, 0.2) is 36.5 Å². The first-order valence-corrected chi connectivity index (χ1v) is 7.39. The lowest BCUT2D eigenvalue weighted by atomic mass is 10.2. The topological polar surface area (TPSA) is 51.2 Å². The third kappa shape index (κ3) is 5.01. The van der Waals surface area contributed by atoms with Crippen molar-refractivity contribution in [1.29, 1.82) is 0 Å². The molecule has 0 radical (unpaired) electrons. The molecule has 4 nitrogen and oxygen atoms in total. The van der Waals surface area contributed by atoms with Crippen LogP contribution in [0, 0.1) is 0 Å². The van der Waals surface area contributed by atoms with Gasteiger partial charge in [-0.1, -0.05) is 35.3 Å². The summed E-state index contributed by atoms with van der Waals surface area (Å²) in [6.07, 6.45) is -3.18. The SMILES string of the molecule is O=C(NCc1cccnc1OCC(F)(F)F)c1cccc(Cl)c1Cl. The summed E-state index contributed by atoms with van der Waals surface area (Å²) < 4.78 is 41.4. The molecule has 1 aromatic heterocycles. The van der Waals surface area contributed by atoms with Gasteiger partial charge in [0.05, 0.1) is 15.6 Å². The highest BCUT2D eigenvalue weighted by Gasteiger charge is 2.29. The molecular weight excluding hydrogens is 368 g/mol. The Balaban J connectivity index is 2.06. The minimum absolute atomic E-state index is 0.0806. The second-order valence-electron chi connectivity index (χ2n) is 4.66. The molecule has 0 aliphatic carbocycles. The Labute approximate surface area is 145 Å². The first-order chi connectivity index (χ1) is 11.3. The first kappa shape index (κ1) is 18.4. The van der Waals surface area contributed by atoms with Gasteiger partial charge < -0.3 is 10.1 Å². The van der Waals surface area contributed by atoms with Gasteiger partial charge in [-0.2, -0.15) is 13.2 Å². The van der Waals surface area contributed by atoms with E-state index in [9.17, 15) is 18.0 Å². The fourth-order valence-electron chi connectivity index (χ4n) is 1.79. The van der Waals surface area contributed by atoms with Crippen molar-refractivity contribution in [1.82, 2.24) is 10.3 Å². The molecule has 0 bridgehead atoms. The van der Waals surface area contributed by atoms with Crippen LogP contribution < -0.4 is 10.1 Å². The highest BCUT2D eigenvalue weighted by Crippen LogP contribution is 2.25. The molecule has 1 heterocycles. The predicted molar refractivity (Wildman–Crippen MR) is 83.4 cm³/mol. The third-order valence-electron chi connectivity index (χ3n) is 2.86. The average molecular weight is 379 g/mol. The number of pyridine rings is 1. The van der Waals surface area contributed by atoms with E-state index in [1.54, 1.807) is 6.07 Å². The summed E-state index contributed by atoms with van der Waals surface area (Å²) in [6.45, 7) is -1.55. The van der Waals surface area contributed by atoms with Crippen LogP contribution in [0.1, 0.15) is 15.9 Å². The Morgan fingerprint density at radius 1 is 1.21 bits per heavy atom. The maximum Gasteiger partial charge on any atom is 0.422 e. The molecule has 0 saturated heterocycles. The van der Waals surface area contributed by atoms with Crippen molar-refractivity contribution in [3.63, 3.8) is 0 Å². The van der Waals surface area contributed by atoms with Gasteiger partial charge in [0.2, 0.25) is 5.88 Å². The van der Waals surface area contributed by atoms with Crippen LogP contribution >= 0.6 is 23.2 Å². The normalized spacial score (nSPS) is 11.2. The molecule has 0 aliphatic rings. The van der Waals surface area contributed by atoms with Crippen molar-refractivity contribution in [3.05, 3.63) is 57.7 Å². The van der Waals surface area contributed by atoms with E-state index in [0.717, 1.165) is 0 Å². The number of rotatable bonds is 5. The number of amides is 1. The maximum absolute atomic E-state index is 12.2. The predicted octanol–water partition coefficient (Wildman–Crippen LogP) is 4.26. The number of benzene rings is 1. The summed E-state index contributed by atoms with van der Waals surface area (Å²) in [7, 11) is 0. The van der Waals surface area contributed by atoms with Crippen LogP contribution in [0.2, 0.25) is 10.0 Å². The van der Waals surface area contributed by atoms with Crippen LogP contribution in [0.4, 0.5) is 13.2 Å². The molecule has 2 aromatic rings. The number of hydrogen-bond acceptors (Lipinski definition) is 3. The zero-order valence-electron chi connectivity index (χ0n) is 12.0. The zero-order valence-corrected chi connectivity index (χ0v) is 13.5. The number of carbonyl (C=O) groups excluding carboxylic acids is 1. The summed E-state index contributed by atoms with van der Waals surface area (Å²) in [5.74, 6) is -0.722. The number of alkyl halides is 3. The number of carbonyl (C=O) groups is 1. The molecule has 0 aliphatic heterocycles. The second kappa shape index (κ2) is 7.72. The minimum Gasteiger partial charge on any atom is -0.468 e. The van der Waals surface area contributed by atoms with E-state index in [4.69, 9.17) is 23.2 Å². The van der Waals surface area contributed by atoms with E-state index in [1.165, 1.54) is 30.5 Å². The second-order valence-corrected chi connectivity index (χ2v) is 5.44. The summed E-state index contributed by atoms with van der Waals surface area (Å²) in [5.41, 5.74) is 0.457.